The maximum atomic E-state index is 11.8. The second-order valence-corrected chi connectivity index (χ2v) is 5.88. The third-order valence-corrected chi connectivity index (χ3v) is 3.75. The van der Waals surface area contributed by atoms with Crippen LogP contribution in [0.15, 0.2) is 5.16 Å². The predicted molar refractivity (Wildman–Crippen MR) is 75.8 cm³/mol. The van der Waals surface area contributed by atoms with Gasteiger partial charge >= 0.3 is 5.97 Å². The fourth-order valence-electron chi connectivity index (χ4n) is 2.01. The summed E-state index contributed by atoms with van der Waals surface area (Å²) < 4.78 is 5.47. The van der Waals surface area contributed by atoms with Crippen molar-refractivity contribution < 1.29 is 9.53 Å². The van der Waals surface area contributed by atoms with Crippen molar-refractivity contribution in [2.24, 2.45) is 5.92 Å². The van der Waals surface area contributed by atoms with E-state index in [0.717, 1.165) is 0 Å². The van der Waals surface area contributed by atoms with Crippen molar-refractivity contribution >= 4 is 35.1 Å². The predicted octanol–water partition coefficient (Wildman–Crippen LogP) is 2.54. The molecule has 0 aromatic carbocycles. The van der Waals surface area contributed by atoms with Crippen LogP contribution >= 0.6 is 23.4 Å². The van der Waals surface area contributed by atoms with Crippen molar-refractivity contribution in [1.82, 2.24) is 9.97 Å². The average Bonchev–Trinajstić information content (AvgIpc) is 2.46. The number of aromatic nitrogens is 2. The van der Waals surface area contributed by atoms with Gasteiger partial charge in [0.05, 0.1) is 5.56 Å². The van der Waals surface area contributed by atoms with Crippen LogP contribution in [-0.4, -0.2) is 35.8 Å². The molecule has 1 aromatic heterocycles. The number of hydrogen-bond donors (Lipinski definition) is 0. The minimum Gasteiger partial charge on any atom is -0.456 e. The van der Waals surface area contributed by atoms with Crippen molar-refractivity contribution in [3.05, 3.63) is 10.7 Å². The van der Waals surface area contributed by atoms with Gasteiger partial charge in [-0.05, 0) is 12.2 Å². The van der Waals surface area contributed by atoms with Crippen LogP contribution in [0.25, 0.3) is 0 Å². The molecular weight excluding hydrogens is 286 g/mol. The van der Waals surface area contributed by atoms with E-state index >= 15 is 0 Å². The lowest BCUT2D eigenvalue weighted by molar-refractivity contribution is -0.149. The van der Waals surface area contributed by atoms with E-state index in [0.29, 0.717) is 21.7 Å². The number of likely N-dealkylation sites (N-methyl/N-ethyl adjacent to an activating group) is 1. The van der Waals surface area contributed by atoms with Gasteiger partial charge < -0.3 is 9.64 Å². The lowest BCUT2D eigenvalue weighted by Gasteiger charge is -2.22. The van der Waals surface area contributed by atoms with E-state index in [1.54, 1.807) is 11.9 Å². The normalized spacial score (nSPS) is 19.2. The summed E-state index contributed by atoms with van der Waals surface area (Å²) in [7, 11) is 1.80. The number of fused-ring (bicyclic) bond motifs is 1. The maximum Gasteiger partial charge on any atom is 0.326 e. The first-order chi connectivity index (χ1) is 8.93. The van der Waals surface area contributed by atoms with E-state index in [-0.39, 0.29) is 18.4 Å². The Hall–Kier alpha value is -1.01. The zero-order valence-corrected chi connectivity index (χ0v) is 12.9. The van der Waals surface area contributed by atoms with Crippen molar-refractivity contribution in [3.63, 3.8) is 0 Å². The fourth-order valence-corrected chi connectivity index (χ4v) is 2.70. The standard InChI is InChI=1S/C12H16ClN3O2S/c1-6(2)9-8-10(13)14-12(19-4)15-11(8)16(3)5-7(17)18-9/h6,9H,5H2,1-4H3. The third kappa shape index (κ3) is 2.79. The smallest absolute Gasteiger partial charge is 0.326 e. The van der Waals surface area contributed by atoms with Gasteiger partial charge in [0.1, 0.15) is 23.6 Å². The number of thioether (sulfide) groups is 1. The molecule has 1 aliphatic rings. The second kappa shape index (κ2) is 5.54. The average molecular weight is 302 g/mol. The number of cyclic esters (lactones) is 1. The number of carbonyl (C=O) groups excluding carboxylic acids is 1. The van der Waals surface area contributed by atoms with Crippen LogP contribution in [0.5, 0.6) is 0 Å². The Labute approximate surface area is 121 Å². The minimum absolute atomic E-state index is 0.107. The van der Waals surface area contributed by atoms with Crippen LogP contribution < -0.4 is 4.90 Å². The molecule has 19 heavy (non-hydrogen) atoms. The number of anilines is 1. The monoisotopic (exact) mass is 301 g/mol. The van der Waals surface area contributed by atoms with Crippen molar-refractivity contribution in [2.45, 2.75) is 25.1 Å². The van der Waals surface area contributed by atoms with E-state index in [2.05, 4.69) is 9.97 Å². The van der Waals surface area contributed by atoms with E-state index in [4.69, 9.17) is 16.3 Å². The molecule has 0 saturated carbocycles. The number of rotatable bonds is 2. The molecule has 2 heterocycles. The summed E-state index contributed by atoms with van der Waals surface area (Å²) in [6.45, 7) is 4.12. The topological polar surface area (TPSA) is 55.3 Å². The summed E-state index contributed by atoms with van der Waals surface area (Å²) in [5.74, 6) is 0.505. The molecule has 2 rings (SSSR count). The van der Waals surface area contributed by atoms with Crippen LogP contribution in [0.4, 0.5) is 5.82 Å². The summed E-state index contributed by atoms with van der Waals surface area (Å²) in [4.78, 5) is 22.2. The van der Waals surface area contributed by atoms with E-state index < -0.39 is 6.10 Å². The maximum absolute atomic E-state index is 11.8. The summed E-state index contributed by atoms with van der Waals surface area (Å²) in [6, 6.07) is 0. The van der Waals surface area contributed by atoms with Gasteiger partial charge in [-0.3, -0.25) is 4.79 Å². The Kier molecular flexibility index (Phi) is 4.20. The second-order valence-electron chi connectivity index (χ2n) is 4.75. The molecule has 1 aliphatic heterocycles. The molecule has 1 unspecified atom stereocenters. The quantitative estimate of drug-likeness (QED) is 0.362. The molecule has 0 spiro atoms. The summed E-state index contributed by atoms with van der Waals surface area (Å²) in [5, 5.41) is 0.946. The Bertz CT molecular complexity index is 510. The van der Waals surface area contributed by atoms with Gasteiger partial charge in [0.15, 0.2) is 5.16 Å². The number of nitrogens with zero attached hydrogens (tertiary/aromatic N) is 3. The minimum atomic E-state index is -0.407. The van der Waals surface area contributed by atoms with E-state index in [1.165, 1.54) is 11.8 Å². The molecule has 7 heteroatoms. The summed E-state index contributed by atoms with van der Waals surface area (Å²) >= 11 is 7.68. The molecule has 0 radical (unpaired) electrons. The zero-order chi connectivity index (χ0) is 14.2. The third-order valence-electron chi connectivity index (χ3n) is 2.92. The molecule has 0 saturated heterocycles. The highest BCUT2D eigenvalue weighted by Gasteiger charge is 2.33. The molecule has 104 valence electrons. The largest absolute Gasteiger partial charge is 0.456 e. The van der Waals surface area contributed by atoms with Gasteiger partial charge in [0, 0.05) is 7.05 Å². The van der Waals surface area contributed by atoms with Crippen LogP contribution in [0, 0.1) is 5.92 Å². The Morgan fingerprint density at radius 2 is 2.16 bits per heavy atom. The molecule has 0 aliphatic carbocycles. The molecule has 5 nitrogen and oxygen atoms in total. The lowest BCUT2D eigenvalue weighted by Crippen LogP contribution is -2.25. The number of halogens is 1. The molecule has 1 atom stereocenters. The highest BCUT2D eigenvalue weighted by Crippen LogP contribution is 2.39. The van der Waals surface area contributed by atoms with Crippen LogP contribution in [0.3, 0.4) is 0 Å². The number of esters is 1. The van der Waals surface area contributed by atoms with Crippen LogP contribution in [-0.2, 0) is 9.53 Å². The van der Waals surface area contributed by atoms with Crippen molar-refractivity contribution in [3.8, 4) is 0 Å². The molecule has 0 N–H and O–H groups in total. The van der Waals surface area contributed by atoms with E-state index in [9.17, 15) is 4.79 Å². The SMILES string of the molecule is CSc1nc(Cl)c2c(n1)N(C)CC(=O)OC2C(C)C. The molecule has 1 aromatic rings. The van der Waals surface area contributed by atoms with Gasteiger partial charge in [0.2, 0.25) is 0 Å². The van der Waals surface area contributed by atoms with Crippen LogP contribution in [0.1, 0.15) is 25.5 Å². The highest BCUT2D eigenvalue weighted by atomic mass is 35.5. The Morgan fingerprint density at radius 1 is 1.47 bits per heavy atom. The summed E-state index contributed by atoms with van der Waals surface area (Å²) in [6.07, 6.45) is 1.48. The summed E-state index contributed by atoms with van der Waals surface area (Å²) in [5.41, 5.74) is 0.697. The molecule has 0 bridgehead atoms. The van der Waals surface area contributed by atoms with E-state index in [1.807, 2.05) is 20.1 Å². The fraction of sp³-hybridized carbons (Fsp3) is 0.583. The molecule has 0 amide bonds. The number of ether oxygens (including phenoxy) is 1. The van der Waals surface area contributed by atoms with Gasteiger partial charge in [-0.25, -0.2) is 9.97 Å². The first-order valence-electron chi connectivity index (χ1n) is 5.96. The van der Waals surface area contributed by atoms with Crippen molar-refractivity contribution in [1.29, 1.82) is 0 Å². The highest BCUT2D eigenvalue weighted by molar-refractivity contribution is 7.98. The zero-order valence-electron chi connectivity index (χ0n) is 11.3. The van der Waals surface area contributed by atoms with Gasteiger partial charge in [0.25, 0.3) is 0 Å². The molecular formula is C12H16ClN3O2S. The van der Waals surface area contributed by atoms with Gasteiger partial charge in [-0.1, -0.05) is 37.2 Å². The Balaban J connectivity index is 2.62. The Morgan fingerprint density at radius 3 is 2.74 bits per heavy atom. The van der Waals surface area contributed by atoms with Gasteiger partial charge in [-0.15, -0.1) is 0 Å². The first kappa shape index (κ1) is 14.4. The number of carbonyl (C=O) groups is 1. The van der Waals surface area contributed by atoms with Crippen LogP contribution in [0.2, 0.25) is 5.15 Å². The number of hydrogen-bond acceptors (Lipinski definition) is 6. The van der Waals surface area contributed by atoms with Gasteiger partial charge in [-0.2, -0.15) is 0 Å². The lowest BCUT2D eigenvalue weighted by atomic mass is 10.0. The van der Waals surface area contributed by atoms with Crippen molar-refractivity contribution in [2.75, 3.05) is 24.7 Å². The molecule has 0 fully saturated rings. The first-order valence-corrected chi connectivity index (χ1v) is 7.56.